The molecular weight excluding hydrogens is 306 g/mol. The third-order valence-corrected chi connectivity index (χ3v) is 4.78. The molecule has 0 fully saturated rings. The van der Waals surface area contributed by atoms with Gasteiger partial charge in [-0.15, -0.1) is 0 Å². The molecule has 3 heterocycles. The Bertz CT molecular complexity index is 728. The standard InChI is InChI=1S/C18H23N3O3/c1-3-22-11-15-9-19-18-13(2)20(6-7-21(15)18)10-14-4-5-16-17(8-14)24-12-23-16/h4-5,8-9,13H,3,6-7,10-12H2,1-2H3/t13-/m0/s1. The third-order valence-electron chi connectivity index (χ3n) is 4.78. The van der Waals surface area contributed by atoms with Crippen molar-refractivity contribution in [3.05, 3.63) is 41.5 Å². The predicted octanol–water partition coefficient (Wildman–Crippen LogP) is 2.73. The molecule has 0 saturated carbocycles. The highest BCUT2D eigenvalue weighted by Crippen LogP contribution is 2.34. The molecule has 0 aliphatic carbocycles. The number of aromatic nitrogens is 2. The molecular formula is C18H23N3O3. The van der Waals surface area contributed by atoms with Crippen LogP contribution >= 0.6 is 0 Å². The van der Waals surface area contributed by atoms with Crippen molar-refractivity contribution in [2.24, 2.45) is 0 Å². The number of imidazole rings is 1. The molecule has 1 aromatic carbocycles. The number of fused-ring (bicyclic) bond motifs is 2. The zero-order valence-electron chi connectivity index (χ0n) is 14.2. The largest absolute Gasteiger partial charge is 0.454 e. The van der Waals surface area contributed by atoms with Crippen LogP contribution in [0.5, 0.6) is 11.5 Å². The lowest BCUT2D eigenvalue weighted by atomic mass is 10.1. The van der Waals surface area contributed by atoms with Crippen molar-refractivity contribution in [3.8, 4) is 11.5 Å². The fraction of sp³-hybridized carbons (Fsp3) is 0.500. The van der Waals surface area contributed by atoms with Gasteiger partial charge in [-0.05, 0) is 31.5 Å². The smallest absolute Gasteiger partial charge is 0.231 e. The number of benzene rings is 1. The van der Waals surface area contributed by atoms with Gasteiger partial charge in [-0.3, -0.25) is 4.90 Å². The molecule has 0 unspecified atom stereocenters. The molecule has 0 amide bonds. The maximum atomic E-state index is 5.54. The quantitative estimate of drug-likeness (QED) is 0.844. The lowest BCUT2D eigenvalue weighted by molar-refractivity contribution is 0.119. The highest BCUT2D eigenvalue weighted by atomic mass is 16.7. The zero-order valence-corrected chi connectivity index (χ0v) is 14.2. The monoisotopic (exact) mass is 329 g/mol. The van der Waals surface area contributed by atoms with E-state index in [2.05, 4.69) is 33.5 Å². The molecule has 0 bridgehead atoms. The maximum Gasteiger partial charge on any atom is 0.231 e. The van der Waals surface area contributed by atoms with Crippen LogP contribution in [0, 0.1) is 0 Å². The van der Waals surface area contributed by atoms with Crippen LogP contribution < -0.4 is 9.47 Å². The first kappa shape index (κ1) is 15.5. The Labute approximate surface area is 142 Å². The van der Waals surface area contributed by atoms with E-state index < -0.39 is 0 Å². The van der Waals surface area contributed by atoms with E-state index in [1.807, 2.05) is 19.2 Å². The van der Waals surface area contributed by atoms with Crippen LogP contribution in [0.2, 0.25) is 0 Å². The Kier molecular flexibility index (Phi) is 4.16. The minimum Gasteiger partial charge on any atom is -0.454 e. The third kappa shape index (κ3) is 2.76. The Morgan fingerprint density at radius 2 is 2.12 bits per heavy atom. The van der Waals surface area contributed by atoms with Gasteiger partial charge in [0.2, 0.25) is 6.79 Å². The molecule has 0 spiro atoms. The molecule has 2 aliphatic heterocycles. The topological polar surface area (TPSA) is 48.8 Å². The van der Waals surface area contributed by atoms with Gasteiger partial charge in [0.1, 0.15) is 5.82 Å². The molecule has 1 aromatic heterocycles. The van der Waals surface area contributed by atoms with Gasteiger partial charge in [0.25, 0.3) is 0 Å². The summed E-state index contributed by atoms with van der Waals surface area (Å²) in [5.41, 5.74) is 2.40. The van der Waals surface area contributed by atoms with Gasteiger partial charge in [0, 0.05) is 26.2 Å². The van der Waals surface area contributed by atoms with E-state index in [4.69, 9.17) is 14.2 Å². The van der Waals surface area contributed by atoms with Crippen LogP contribution in [0.15, 0.2) is 24.4 Å². The summed E-state index contributed by atoms with van der Waals surface area (Å²) in [5, 5.41) is 0. The van der Waals surface area contributed by atoms with E-state index in [0.717, 1.165) is 43.6 Å². The number of hydrogen-bond acceptors (Lipinski definition) is 5. The molecule has 0 N–H and O–H groups in total. The average Bonchev–Trinajstić information content (AvgIpc) is 3.22. The molecule has 0 saturated heterocycles. The van der Waals surface area contributed by atoms with E-state index in [0.29, 0.717) is 13.4 Å². The fourth-order valence-corrected chi connectivity index (χ4v) is 3.42. The second-order valence-electron chi connectivity index (χ2n) is 6.23. The summed E-state index contributed by atoms with van der Waals surface area (Å²) in [6.07, 6.45) is 1.95. The lowest BCUT2D eigenvalue weighted by Gasteiger charge is -2.34. The second kappa shape index (κ2) is 6.45. The first-order valence-electron chi connectivity index (χ1n) is 8.51. The molecule has 6 heteroatoms. The number of nitrogens with zero attached hydrogens (tertiary/aromatic N) is 3. The highest BCUT2D eigenvalue weighted by molar-refractivity contribution is 5.44. The van der Waals surface area contributed by atoms with Crippen LogP contribution in [0.3, 0.4) is 0 Å². The second-order valence-corrected chi connectivity index (χ2v) is 6.23. The molecule has 4 rings (SSSR count). The lowest BCUT2D eigenvalue weighted by Crippen LogP contribution is -2.37. The van der Waals surface area contributed by atoms with Gasteiger partial charge in [-0.25, -0.2) is 4.98 Å². The summed E-state index contributed by atoms with van der Waals surface area (Å²) in [6.45, 7) is 8.75. The Balaban J connectivity index is 1.49. The molecule has 2 aromatic rings. The molecule has 2 aliphatic rings. The van der Waals surface area contributed by atoms with E-state index in [1.165, 1.54) is 11.3 Å². The van der Waals surface area contributed by atoms with Crippen LogP contribution in [-0.4, -0.2) is 34.4 Å². The summed E-state index contributed by atoms with van der Waals surface area (Å²) in [6, 6.07) is 6.46. The average molecular weight is 329 g/mol. The first-order valence-corrected chi connectivity index (χ1v) is 8.51. The minimum absolute atomic E-state index is 0.277. The van der Waals surface area contributed by atoms with Crippen molar-refractivity contribution < 1.29 is 14.2 Å². The summed E-state index contributed by atoms with van der Waals surface area (Å²) in [7, 11) is 0. The zero-order chi connectivity index (χ0) is 16.5. The molecule has 128 valence electrons. The Morgan fingerprint density at radius 1 is 1.25 bits per heavy atom. The normalized spacial score (nSPS) is 19.5. The van der Waals surface area contributed by atoms with E-state index in [9.17, 15) is 0 Å². The van der Waals surface area contributed by atoms with Gasteiger partial charge < -0.3 is 18.8 Å². The predicted molar refractivity (Wildman–Crippen MR) is 88.9 cm³/mol. The van der Waals surface area contributed by atoms with Gasteiger partial charge in [0.05, 0.1) is 24.5 Å². The number of rotatable bonds is 5. The summed E-state index contributed by atoms with van der Waals surface area (Å²) in [4.78, 5) is 7.09. The fourth-order valence-electron chi connectivity index (χ4n) is 3.42. The van der Waals surface area contributed by atoms with E-state index >= 15 is 0 Å². The first-order chi connectivity index (χ1) is 11.8. The van der Waals surface area contributed by atoms with Crippen LogP contribution in [-0.2, 0) is 24.4 Å². The van der Waals surface area contributed by atoms with E-state index in [1.54, 1.807) is 0 Å². The minimum atomic E-state index is 0.277. The molecule has 0 radical (unpaired) electrons. The van der Waals surface area contributed by atoms with Crippen molar-refractivity contribution in [3.63, 3.8) is 0 Å². The summed E-state index contributed by atoms with van der Waals surface area (Å²) >= 11 is 0. The van der Waals surface area contributed by atoms with Crippen molar-refractivity contribution in [1.82, 2.24) is 14.5 Å². The van der Waals surface area contributed by atoms with Gasteiger partial charge in [-0.2, -0.15) is 0 Å². The summed E-state index contributed by atoms with van der Waals surface area (Å²) < 4.78 is 18.7. The number of hydrogen-bond donors (Lipinski definition) is 0. The Hall–Kier alpha value is -2.05. The van der Waals surface area contributed by atoms with Gasteiger partial charge in [-0.1, -0.05) is 6.07 Å². The van der Waals surface area contributed by atoms with Gasteiger partial charge in [0.15, 0.2) is 11.5 Å². The van der Waals surface area contributed by atoms with Crippen molar-refractivity contribution in [1.29, 1.82) is 0 Å². The molecule has 6 nitrogen and oxygen atoms in total. The van der Waals surface area contributed by atoms with Crippen molar-refractivity contribution in [2.75, 3.05) is 19.9 Å². The SMILES string of the molecule is CCOCc1cnc2n1CCN(Cc1ccc3c(c1)OCO3)[C@H]2C. The molecule has 24 heavy (non-hydrogen) atoms. The van der Waals surface area contributed by atoms with Crippen LogP contribution in [0.4, 0.5) is 0 Å². The highest BCUT2D eigenvalue weighted by Gasteiger charge is 2.27. The number of ether oxygens (including phenoxy) is 3. The van der Waals surface area contributed by atoms with Crippen LogP contribution in [0.1, 0.15) is 37.0 Å². The maximum absolute atomic E-state index is 5.54. The van der Waals surface area contributed by atoms with Crippen molar-refractivity contribution in [2.45, 2.75) is 39.6 Å². The van der Waals surface area contributed by atoms with E-state index in [-0.39, 0.29) is 6.04 Å². The van der Waals surface area contributed by atoms with Gasteiger partial charge >= 0.3 is 0 Å². The summed E-state index contributed by atoms with van der Waals surface area (Å²) in [5.74, 6) is 2.80. The molecule has 1 atom stereocenters. The Morgan fingerprint density at radius 3 is 3.00 bits per heavy atom. The van der Waals surface area contributed by atoms with Crippen LogP contribution in [0.25, 0.3) is 0 Å². The van der Waals surface area contributed by atoms with Crippen molar-refractivity contribution >= 4 is 0 Å².